The SMILES string of the molecule is COc1ccc(C)cc1S(=O)(=O)Nc1nc(-c2ccc3c(c2)N(C)C(=O)C(C)O3)cs1. The molecule has 1 aliphatic heterocycles. The maximum absolute atomic E-state index is 12.9. The van der Waals surface area contributed by atoms with Gasteiger partial charge in [-0.2, -0.15) is 0 Å². The Kier molecular flexibility index (Phi) is 5.36. The number of fused-ring (bicyclic) bond motifs is 1. The Labute approximate surface area is 184 Å². The van der Waals surface area contributed by atoms with Gasteiger partial charge in [-0.25, -0.2) is 13.4 Å². The number of nitrogens with one attached hydrogen (secondary N) is 1. The fraction of sp³-hybridized carbons (Fsp3) is 0.238. The van der Waals surface area contributed by atoms with Gasteiger partial charge in [-0.1, -0.05) is 6.07 Å². The zero-order valence-electron chi connectivity index (χ0n) is 17.4. The highest BCUT2D eigenvalue weighted by molar-refractivity contribution is 7.93. The highest BCUT2D eigenvalue weighted by Crippen LogP contribution is 2.37. The summed E-state index contributed by atoms with van der Waals surface area (Å²) in [6, 6.07) is 10.4. The second-order valence-electron chi connectivity index (χ2n) is 7.14. The van der Waals surface area contributed by atoms with Gasteiger partial charge in [0.2, 0.25) is 0 Å². The smallest absolute Gasteiger partial charge is 0.267 e. The lowest BCUT2D eigenvalue weighted by molar-refractivity contribution is -0.125. The second-order valence-corrected chi connectivity index (χ2v) is 9.65. The maximum atomic E-state index is 12.9. The molecule has 162 valence electrons. The van der Waals surface area contributed by atoms with Gasteiger partial charge in [-0.05, 0) is 49.7 Å². The number of aryl methyl sites for hydroxylation is 1. The first-order valence-corrected chi connectivity index (χ1v) is 11.8. The van der Waals surface area contributed by atoms with Crippen LogP contribution in [0.2, 0.25) is 0 Å². The Morgan fingerprint density at radius 2 is 2.00 bits per heavy atom. The van der Waals surface area contributed by atoms with E-state index >= 15 is 0 Å². The van der Waals surface area contributed by atoms with Gasteiger partial charge in [-0.3, -0.25) is 9.52 Å². The predicted octanol–water partition coefficient (Wildman–Crippen LogP) is 3.67. The molecular weight excluding hydrogens is 438 g/mol. The maximum Gasteiger partial charge on any atom is 0.267 e. The fourth-order valence-corrected chi connectivity index (χ4v) is 5.52. The minimum absolute atomic E-state index is 0.0481. The van der Waals surface area contributed by atoms with Crippen LogP contribution in [0.15, 0.2) is 46.7 Å². The molecule has 0 saturated heterocycles. The lowest BCUT2D eigenvalue weighted by Gasteiger charge is -2.30. The number of rotatable bonds is 5. The first kappa shape index (κ1) is 21.1. The van der Waals surface area contributed by atoms with Gasteiger partial charge < -0.3 is 14.4 Å². The summed E-state index contributed by atoms with van der Waals surface area (Å²) in [4.78, 5) is 18.2. The number of hydrogen-bond donors (Lipinski definition) is 1. The number of carbonyl (C=O) groups excluding carboxylic acids is 1. The van der Waals surface area contributed by atoms with Crippen LogP contribution < -0.4 is 19.1 Å². The zero-order chi connectivity index (χ0) is 22.3. The van der Waals surface area contributed by atoms with Crippen molar-refractivity contribution in [2.75, 3.05) is 23.8 Å². The van der Waals surface area contributed by atoms with Crippen LogP contribution >= 0.6 is 11.3 Å². The topological polar surface area (TPSA) is 97.8 Å². The summed E-state index contributed by atoms with van der Waals surface area (Å²) in [5.41, 5.74) is 2.76. The molecule has 10 heteroatoms. The van der Waals surface area contributed by atoms with E-state index in [1.165, 1.54) is 18.4 Å². The Balaban J connectivity index is 1.63. The summed E-state index contributed by atoms with van der Waals surface area (Å²) in [6.45, 7) is 3.51. The third-order valence-electron chi connectivity index (χ3n) is 4.93. The van der Waals surface area contributed by atoms with Crippen molar-refractivity contribution in [1.82, 2.24) is 4.98 Å². The van der Waals surface area contributed by atoms with Crippen molar-refractivity contribution < 1.29 is 22.7 Å². The lowest BCUT2D eigenvalue weighted by atomic mass is 10.1. The first-order valence-electron chi connectivity index (χ1n) is 9.41. The van der Waals surface area contributed by atoms with Crippen LogP contribution in [0.4, 0.5) is 10.8 Å². The van der Waals surface area contributed by atoms with E-state index in [0.29, 0.717) is 17.1 Å². The van der Waals surface area contributed by atoms with Gasteiger partial charge in [-0.15, -0.1) is 11.3 Å². The molecule has 0 saturated carbocycles. The zero-order valence-corrected chi connectivity index (χ0v) is 19.0. The molecule has 8 nitrogen and oxygen atoms in total. The Hall–Kier alpha value is -3.11. The minimum atomic E-state index is -3.88. The van der Waals surface area contributed by atoms with Crippen LogP contribution in [0.25, 0.3) is 11.3 Å². The number of methoxy groups -OCH3 is 1. The molecule has 0 fully saturated rings. The number of benzene rings is 2. The lowest BCUT2D eigenvalue weighted by Crippen LogP contribution is -2.41. The molecule has 2 aromatic carbocycles. The molecule has 1 atom stereocenters. The highest BCUT2D eigenvalue weighted by atomic mass is 32.2. The molecule has 0 spiro atoms. The molecule has 1 N–H and O–H groups in total. The number of sulfonamides is 1. The van der Waals surface area contributed by atoms with Crippen molar-refractivity contribution in [3.63, 3.8) is 0 Å². The predicted molar refractivity (Wildman–Crippen MR) is 120 cm³/mol. The van der Waals surface area contributed by atoms with E-state index < -0.39 is 16.1 Å². The number of nitrogens with zero attached hydrogens (tertiary/aromatic N) is 2. The van der Waals surface area contributed by atoms with E-state index in [-0.39, 0.29) is 21.7 Å². The van der Waals surface area contributed by atoms with Gasteiger partial charge in [0, 0.05) is 18.0 Å². The van der Waals surface area contributed by atoms with Gasteiger partial charge >= 0.3 is 0 Å². The summed E-state index contributed by atoms with van der Waals surface area (Å²) < 4.78 is 39.2. The molecule has 0 radical (unpaired) electrons. The van der Waals surface area contributed by atoms with Crippen LogP contribution in [-0.4, -0.2) is 39.6 Å². The summed E-state index contributed by atoms with van der Waals surface area (Å²) in [5, 5.41) is 1.98. The van der Waals surface area contributed by atoms with Crippen LogP contribution in [0.5, 0.6) is 11.5 Å². The van der Waals surface area contributed by atoms with Crippen molar-refractivity contribution in [3.8, 4) is 22.8 Å². The molecule has 3 aromatic rings. The molecule has 1 aromatic heterocycles. The summed E-state index contributed by atoms with van der Waals surface area (Å²) in [7, 11) is -0.766. The van der Waals surface area contributed by atoms with E-state index in [1.54, 1.807) is 54.6 Å². The molecule has 1 unspecified atom stereocenters. The third-order valence-corrected chi connectivity index (χ3v) is 7.18. The molecule has 0 aliphatic carbocycles. The number of hydrogen-bond acceptors (Lipinski definition) is 7. The Morgan fingerprint density at radius 3 is 2.74 bits per heavy atom. The molecule has 1 aliphatic rings. The molecule has 2 heterocycles. The number of anilines is 2. The van der Waals surface area contributed by atoms with E-state index in [2.05, 4.69) is 9.71 Å². The summed E-state index contributed by atoms with van der Waals surface area (Å²) >= 11 is 1.17. The van der Waals surface area contributed by atoms with Gasteiger partial charge in [0.1, 0.15) is 16.4 Å². The van der Waals surface area contributed by atoms with Crippen molar-refractivity contribution in [1.29, 1.82) is 0 Å². The van der Waals surface area contributed by atoms with Gasteiger partial charge in [0.15, 0.2) is 11.2 Å². The van der Waals surface area contributed by atoms with E-state index in [0.717, 1.165) is 11.1 Å². The number of amides is 1. The quantitative estimate of drug-likeness (QED) is 0.625. The number of likely N-dealkylation sites (N-methyl/N-ethyl adjacent to an activating group) is 1. The van der Waals surface area contributed by atoms with E-state index in [9.17, 15) is 13.2 Å². The van der Waals surface area contributed by atoms with Crippen LogP contribution in [0.1, 0.15) is 12.5 Å². The highest BCUT2D eigenvalue weighted by Gasteiger charge is 2.29. The van der Waals surface area contributed by atoms with Crippen LogP contribution in [-0.2, 0) is 14.8 Å². The molecule has 0 bridgehead atoms. The second kappa shape index (κ2) is 7.86. The van der Waals surface area contributed by atoms with Crippen molar-refractivity contribution in [2.24, 2.45) is 0 Å². The molecular formula is C21H21N3O5S2. The normalized spacial score (nSPS) is 15.9. The average molecular weight is 460 g/mol. The molecule has 31 heavy (non-hydrogen) atoms. The number of ether oxygens (including phenoxy) is 2. The number of thiazole rings is 1. The first-order chi connectivity index (χ1) is 14.7. The summed E-state index contributed by atoms with van der Waals surface area (Å²) in [5.74, 6) is 0.732. The fourth-order valence-electron chi connectivity index (χ4n) is 3.29. The third kappa shape index (κ3) is 3.96. The van der Waals surface area contributed by atoms with E-state index in [1.807, 2.05) is 13.0 Å². The summed E-state index contributed by atoms with van der Waals surface area (Å²) in [6.07, 6.45) is -0.540. The Bertz CT molecular complexity index is 1270. The number of carbonyl (C=O) groups is 1. The Morgan fingerprint density at radius 1 is 1.23 bits per heavy atom. The van der Waals surface area contributed by atoms with Crippen molar-refractivity contribution in [2.45, 2.75) is 24.8 Å². The minimum Gasteiger partial charge on any atom is -0.495 e. The van der Waals surface area contributed by atoms with Crippen molar-refractivity contribution in [3.05, 3.63) is 47.3 Å². The molecule has 4 rings (SSSR count). The van der Waals surface area contributed by atoms with Crippen LogP contribution in [0, 0.1) is 6.92 Å². The van der Waals surface area contributed by atoms with Gasteiger partial charge in [0.25, 0.3) is 15.9 Å². The van der Waals surface area contributed by atoms with Crippen LogP contribution in [0.3, 0.4) is 0 Å². The largest absolute Gasteiger partial charge is 0.495 e. The van der Waals surface area contributed by atoms with E-state index in [4.69, 9.17) is 9.47 Å². The monoisotopic (exact) mass is 459 g/mol. The number of aromatic nitrogens is 1. The van der Waals surface area contributed by atoms with Crippen molar-refractivity contribution >= 4 is 38.1 Å². The average Bonchev–Trinajstić information content (AvgIpc) is 3.19. The standard InChI is InChI=1S/C21H21N3O5S2/c1-12-5-7-18(28-4)19(9-12)31(26,27)23-21-22-15(11-30-21)14-6-8-17-16(10-14)24(3)20(25)13(2)29-17/h5-11,13H,1-4H3,(H,22,23). The van der Waals surface area contributed by atoms with Gasteiger partial charge in [0.05, 0.1) is 18.5 Å². The molecule has 1 amide bonds.